The van der Waals surface area contributed by atoms with Crippen LogP contribution >= 0.6 is 0 Å². The van der Waals surface area contributed by atoms with Gasteiger partial charge in [0.2, 0.25) is 0 Å². The molecule has 0 saturated heterocycles. The Morgan fingerprint density at radius 2 is 1.74 bits per heavy atom. The Morgan fingerprint density at radius 3 is 2.52 bits per heavy atom. The number of nitrogens with zero attached hydrogens (tertiary/aromatic N) is 6. The van der Waals surface area contributed by atoms with Crippen molar-refractivity contribution in [3.05, 3.63) is 143 Å². The lowest BCUT2D eigenvalue weighted by atomic mass is 9.78. The van der Waals surface area contributed by atoms with Crippen molar-refractivity contribution in [3.63, 3.8) is 0 Å². The minimum atomic E-state index is -4.14. The zero-order chi connectivity index (χ0) is 43.1. The molecule has 3 aromatic heterocycles. The molecule has 13 nitrogen and oxygen atoms in total. The Labute approximate surface area is 351 Å². The minimum Gasteiger partial charge on any atom is -0.466 e. The Hall–Kier alpha value is -6.20. The van der Waals surface area contributed by atoms with E-state index in [1.807, 2.05) is 31.2 Å². The molecule has 1 atom stereocenters. The Kier molecular flexibility index (Phi) is 11.1. The van der Waals surface area contributed by atoms with E-state index in [1.165, 1.54) is 45.9 Å². The van der Waals surface area contributed by atoms with E-state index in [4.69, 9.17) is 19.6 Å². The summed E-state index contributed by atoms with van der Waals surface area (Å²) in [4.78, 5) is 17.0. The lowest BCUT2D eigenvalue weighted by Crippen LogP contribution is -2.30. The van der Waals surface area contributed by atoms with Crippen molar-refractivity contribution in [2.24, 2.45) is 7.05 Å². The molecule has 0 fully saturated rings. The molecule has 7 aromatic rings. The summed E-state index contributed by atoms with van der Waals surface area (Å²) in [6.45, 7) is 3.86. The Balaban J connectivity index is 1.26. The van der Waals surface area contributed by atoms with Crippen LogP contribution in [-0.4, -0.2) is 69.4 Å². The van der Waals surface area contributed by atoms with Crippen LogP contribution in [0.25, 0.3) is 22.3 Å². The first-order chi connectivity index (χ1) is 29.1. The number of halogens is 2. The molecule has 316 valence electrons. The average molecular weight is 869 g/mol. The fraction of sp³-hybridized carbons (Fsp3) is 0.273. The SMILES string of the molecule is CCOC(=O)CCc1cccc(C2(C)CCS(=O)(=O)CCn3ccc(n3)Cc3c(c(F)cc4c3ccn4S(=O)(=O)c3ccccc3)Oc3ccc(F)c(c3)-c3nc2nn3C)c1. The average Bonchev–Trinajstić information content (AvgIpc) is 3.99. The molecule has 0 N–H and O–H groups in total. The fourth-order valence-corrected chi connectivity index (χ4v) is 10.4. The molecule has 1 unspecified atom stereocenters. The smallest absolute Gasteiger partial charge is 0.306 e. The van der Waals surface area contributed by atoms with Gasteiger partial charge in [0.15, 0.2) is 33.1 Å². The third-order valence-electron chi connectivity index (χ3n) is 11.0. The first kappa shape index (κ1) is 41.5. The second-order valence-electron chi connectivity index (χ2n) is 15.1. The van der Waals surface area contributed by atoms with Crippen molar-refractivity contribution in [3.8, 4) is 22.9 Å². The lowest BCUT2D eigenvalue weighted by Gasteiger charge is -2.28. The summed E-state index contributed by atoms with van der Waals surface area (Å²) in [7, 11) is -6.26. The molecule has 17 heteroatoms. The van der Waals surface area contributed by atoms with Crippen LogP contribution in [0, 0.1) is 11.6 Å². The largest absolute Gasteiger partial charge is 0.466 e. The van der Waals surface area contributed by atoms with Gasteiger partial charge in [-0.05, 0) is 80.3 Å². The van der Waals surface area contributed by atoms with Gasteiger partial charge < -0.3 is 9.47 Å². The van der Waals surface area contributed by atoms with Crippen molar-refractivity contribution < 1.29 is 39.9 Å². The number of esters is 1. The summed E-state index contributed by atoms with van der Waals surface area (Å²) in [5.41, 5.74) is 1.17. The highest BCUT2D eigenvalue weighted by Crippen LogP contribution is 2.40. The molecule has 0 spiro atoms. The summed E-state index contributed by atoms with van der Waals surface area (Å²) in [5.74, 6) is -2.22. The van der Waals surface area contributed by atoms with Gasteiger partial charge in [-0.15, -0.1) is 0 Å². The molecule has 61 heavy (non-hydrogen) atoms. The van der Waals surface area contributed by atoms with Gasteiger partial charge in [0.05, 0.1) is 51.7 Å². The highest BCUT2D eigenvalue weighted by Gasteiger charge is 2.36. The van der Waals surface area contributed by atoms with Crippen LogP contribution in [0.5, 0.6) is 11.5 Å². The van der Waals surface area contributed by atoms with Crippen molar-refractivity contribution in [1.29, 1.82) is 0 Å². The number of aryl methyl sites for hydroxylation is 3. The molecule has 0 amide bonds. The van der Waals surface area contributed by atoms with Gasteiger partial charge in [-0.25, -0.2) is 39.3 Å². The summed E-state index contributed by atoms with van der Waals surface area (Å²) in [6, 6.07) is 23.4. The maximum absolute atomic E-state index is 16.5. The number of rotatable bonds is 7. The standard InChI is InChI=1S/C44H42F2N6O7S2/c1-4-58-40(53)16-13-29-9-8-10-30(25-29)44(2)19-23-60(54,55)24-22-51-20-17-31(48-51)26-35-34-18-21-52(61(56,57)33-11-6-5-7-12-33)39(34)28-38(46)41(35)59-32-14-15-37(45)36(27-32)42-47-43(44)49-50(42)3/h5-12,14-15,17-18,20-21,25,27-28H,4,13,16,19,22-24,26H2,1-3H3. The predicted molar refractivity (Wildman–Crippen MR) is 224 cm³/mol. The van der Waals surface area contributed by atoms with Crippen molar-refractivity contribution in [1.82, 2.24) is 28.5 Å². The molecule has 4 heterocycles. The van der Waals surface area contributed by atoms with Crippen LogP contribution in [0.1, 0.15) is 54.9 Å². The molecule has 0 radical (unpaired) electrons. The number of sulfone groups is 1. The van der Waals surface area contributed by atoms with Gasteiger partial charge in [0.1, 0.15) is 11.6 Å². The monoisotopic (exact) mass is 868 g/mol. The molecule has 1 aliphatic heterocycles. The first-order valence-corrected chi connectivity index (χ1v) is 22.9. The van der Waals surface area contributed by atoms with Crippen LogP contribution in [0.15, 0.2) is 108 Å². The van der Waals surface area contributed by atoms with Gasteiger partial charge in [0, 0.05) is 49.3 Å². The van der Waals surface area contributed by atoms with Crippen molar-refractivity contribution in [2.45, 2.75) is 56.4 Å². The van der Waals surface area contributed by atoms with Crippen molar-refractivity contribution >= 4 is 36.7 Å². The Morgan fingerprint density at radius 1 is 0.934 bits per heavy atom. The number of fused-ring (bicyclic) bond motifs is 10. The quantitative estimate of drug-likeness (QED) is 0.151. The zero-order valence-electron chi connectivity index (χ0n) is 33.6. The van der Waals surface area contributed by atoms with E-state index in [0.717, 1.165) is 15.6 Å². The number of benzene rings is 4. The van der Waals surface area contributed by atoms with E-state index in [0.29, 0.717) is 23.1 Å². The number of hydrogen-bond donors (Lipinski definition) is 0. The third kappa shape index (κ3) is 8.31. The van der Waals surface area contributed by atoms with Gasteiger partial charge in [-0.2, -0.15) is 10.2 Å². The maximum Gasteiger partial charge on any atom is 0.306 e. The molecule has 0 aliphatic carbocycles. The third-order valence-corrected chi connectivity index (χ3v) is 14.3. The number of hydrogen-bond acceptors (Lipinski definition) is 10. The number of aromatic nitrogens is 6. The van der Waals surface area contributed by atoms with Crippen LogP contribution in [0.3, 0.4) is 0 Å². The lowest BCUT2D eigenvalue weighted by molar-refractivity contribution is -0.143. The maximum atomic E-state index is 16.5. The van der Waals surface area contributed by atoms with Crippen molar-refractivity contribution in [2.75, 3.05) is 18.1 Å². The highest BCUT2D eigenvalue weighted by molar-refractivity contribution is 7.91. The van der Waals surface area contributed by atoms with E-state index in [1.54, 1.807) is 50.5 Å². The highest BCUT2D eigenvalue weighted by atomic mass is 32.2. The number of ether oxygens (including phenoxy) is 2. The molecule has 0 saturated carbocycles. The second-order valence-corrected chi connectivity index (χ2v) is 19.3. The van der Waals surface area contributed by atoms with E-state index in [2.05, 4.69) is 5.10 Å². The zero-order valence-corrected chi connectivity index (χ0v) is 35.2. The van der Waals surface area contributed by atoms with Crippen LogP contribution in [0.2, 0.25) is 0 Å². The molecular weight excluding hydrogens is 827 g/mol. The van der Waals surface area contributed by atoms with E-state index in [-0.39, 0.29) is 94.6 Å². The number of carbonyl (C=O) groups is 1. The molecular formula is C44H42F2N6O7S2. The minimum absolute atomic E-state index is 0.0121. The molecule has 8 rings (SSSR count). The van der Waals surface area contributed by atoms with Crippen LogP contribution < -0.4 is 4.74 Å². The molecule has 6 bridgehead atoms. The summed E-state index contributed by atoms with van der Waals surface area (Å²) < 4.78 is 103. The Bertz CT molecular complexity index is 3020. The van der Waals surface area contributed by atoms with Gasteiger partial charge in [-0.3, -0.25) is 9.48 Å². The molecule has 4 aromatic carbocycles. The second kappa shape index (κ2) is 16.3. The molecule has 1 aliphatic rings. The topological polar surface area (TPSA) is 157 Å². The van der Waals surface area contributed by atoms with E-state index >= 15 is 8.78 Å². The summed E-state index contributed by atoms with van der Waals surface area (Å²) in [5, 5.41) is 9.71. The van der Waals surface area contributed by atoms with Crippen LogP contribution in [0.4, 0.5) is 8.78 Å². The summed E-state index contributed by atoms with van der Waals surface area (Å²) >= 11 is 0. The van der Waals surface area contributed by atoms with Gasteiger partial charge in [-0.1, -0.05) is 42.5 Å². The normalized spacial score (nSPS) is 16.8. The van der Waals surface area contributed by atoms with E-state index < -0.39 is 36.9 Å². The summed E-state index contributed by atoms with van der Waals surface area (Å²) in [6.07, 6.45) is 3.56. The number of carbonyl (C=O) groups excluding carboxylic acids is 1. The fourth-order valence-electron chi connectivity index (χ4n) is 7.62. The van der Waals surface area contributed by atoms with Gasteiger partial charge >= 0.3 is 5.97 Å². The van der Waals surface area contributed by atoms with Gasteiger partial charge in [0.25, 0.3) is 10.0 Å². The van der Waals surface area contributed by atoms with E-state index in [9.17, 15) is 21.6 Å². The predicted octanol–water partition coefficient (Wildman–Crippen LogP) is 7.15. The van der Waals surface area contributed by atoms with Crippen LogP contribution in [-0.2, 0) is 61.2 Å². The first-order valence-electron chi connectivity index (χ1n) is 19.7.